The van der Waals surface area contributed by atoms with Crippen LogP contribution in [0.4, 0.5) is 0 Å². The lowest BCUT2D eigenvalue weighted by molar-refractivity contribution is 0.266. The predicted octanol–water partition coefficient (Wildman–Crippen LogP) is 2.17. The summed E-state index contributed by atoms with van der Waals surface area (Å²) in [4.78, 5) is 8.43. The minimum absolute atomic E-state index is 0.00324. The van der Waals surface area contributed by atoms with Crippen molar-refractivity contribution in [2.45, 2.75) is 39.2 Å². The molecule has 1 heterocycles. The van der Waals surface area contributed by atoms with Gasteiger partial charge in [-0.2, -0.15) is 0 Å². The van der Waals surface area contributed by atoms with Gasteiger partial charge in [0.05, 0.1) is 18.1 Å². The Morgan fingerprint density at radius 2 is 2.00 bits per heavy atom. The molecular weight excluding hydrogens is 188 g/mol. The van der Waals surface area contributed by atoms with Gasteiger partial charge < -0.3 is 4.74 Å². The lowest BCUT2D eigenvalue weighted by Crippen LogP contribution is -2.15. The average Bonchev–Trinajstić information content (AvgIpc) is 2.17. The largest absolute Gasteiger partial charge is 0.460 e. The van der Waals surface area contributed by atoms with Crippen molar-refractivity contribution in [3.8, 4) is 18.2 Å². The van der Waals surface area contributed by atoms with Crippen LogP contribution < -0.4 is 4.74 Å². The maximum absolute atomic E-state index is 5.32. The van der Waals surface area contributed by atoms with E-state index in [2.05, 4.69) is 36.7 Å². The van der Waals surface area contributed by atoms with Gasteiger partial charge in [0, 0.05) is 5.41 Å². The van der Waals surface area contributed by atoms with Crippen LogP contribution in [-0.4, -0.2) is 16.1 Å². The molecule has 1 aromatic rings. The second-order valence-corrected chi connectivity index (χ2v) is 4.42. The molecule has 0 radical (unpaired) electrons. The Kier molecular flexibility index (Phi) is 3.31. The number of hydrogen-bond acceptors (Lipinski definition) is 3. The highest BCUT2D eigenvalue weighted by atomic mass is 16.5. The highest BCUT2D eigenvalue weighted by molar-refractivity contribution is 5.14. The molecule has 0 aliphatic carbocycles. The molecule has 0 aromatic carbocycles. The van der Waals surface area contributed by atoms with Crippen molar-refractivity contribution in [3.63, 3.8) is 0 Å². The van der Waals surface area contributed by atoms with Crippen LogP contribution in [0.25, 0.3) is 0 Å². The van der Waals surface area contributed by atoms with Crippen molar-refractivity contribution in [2.24, 2.45) is 0 Å². The van der Waals surface area contributed by atoms with Gasteiger partial charge in [-0.25, -0.2) is 4.98 Å². The van der Waals surface area contributed by atoms with Gasteiger partial charge in [0.2, 0.25) is 5.88 Å². The minimum Gasteiger partial charge on any atom is -0.460 e. The third kappa shape index (κ3) is 3.25. The summed E-state index contributed by atoms with van der Waals surface area (Å²) in [6, 6.07) is 0. The lowest BCUT2D eigenvalue weighted by Gasteiger charge is -2.17. The van der Waals surface area contributed by atoms with Gasteiger partial charge in [0.15, 0.2) is 6.10 Å². The van der Waals surface area contributed by atoms with E-state index in [9.17, 15) is 0 Å². The third-order valence-corrected chi connectivity index (χ3v) is 1.93. The lowest BCUT2D eigenvalue weighted by atomic mass is 9.93. The number of nitrogens with zero attached hydrogens (tertiary/aromatic N) is 2. The predicted molar refractivity (Wildman–Crippen MR) is 59.7 cm³/mol. The zero-order chi connectivity index (χ0) is 11.5. The molecule has 0 unspecified atom stereocenters. The topological polar surface area (TPSA) is 35.0 Å². The number of rotatable bonds is 2. The van der Waals surface area contributed by atoms with Crippen molar-refractivity contribution in [3.05, 3.63) is 18.1 Å². The van der Waals surface area contributed by atoms with E-state index < -0.39 is 0 Å². The van der Waals surface area contributed by atoms with E-state index in [0.29, 0.717) is 5.88 Å². The summed E-state index contributed by atoms with van der Waals surface area (Å²) >= 11 is 0. The molecule has 0 saturated carbocycles. The first-order valence-corrected chi connectivity index (χ1v) is 4.89. The second kappa shape index (κ2) is 4.31. The molecule has 3 heteroatoms. The van der Waals surface area contributed by atoms with Crippen LogP contribution in [0.1, 0.15) is 33.4 Å². The van der Waals surface area contributed by atoms with Crippen molar-refractivity contribution < 1.29 is 4.74 Å². The Morgan fingerprint density at radius 1 is 1.33 bits per heavy atom. The van der Waals surface area contributed by atoms with Gasteiger partial charge in [-0.1, -0.05) is 26.7 Å². The van der Waals surface area contributed by atoms with Gasteiger partial charge in [-0.3, -0.25) is 4.98 Å². The first-order chi connectivity index (χ1) is 6.93. The van der Waals surface area contributed by atoms with E-state index in [1.165, 1.54) is 0 Å². The molecule has 15 heavy (non-hydrogen) atoms. The highest BCUT2D eigenvalue weighted by Gasteiger charge is 2.15. The monoisotopic (exact) mass is 204 g/mol. The molecule has 0 amide bonds. The fourth-order valence-corrected chi connectivity index (χ4v) is 0.979. The van der Waals surface area contributed by atoms with Gasteiger partial charge in [0.1, 0.15) is 0 Å². The molecular formula is C12H16N2O. The van der Waals surface area contributed by atoms with Crippen LogP contribution in [0, 0.1) is 12.3 Å². The maximum Gasteiger partial charge on any atom is 0.233 e. The molecule has 1 atom stereocenters. The van der Waals surface area contributed by atoms with Crippen LogP contribution in [0.5, 0.6) is 5.88 Å². The van der Waals surface area contributed by atoms with E-state index >= 15 is 0 Å². The molecule has 3 nitrogen and oxygen atoms in total. The number of aromatic nitrogens is 2. The summed E-state index contributed by atoms with van der Waals surface area (Å²) in [5.41, 5.74) is 0.937. The van der Waals surface area contributed by atoms with Crippen LogP contribution >= 0.6 is 0 Å². The average molecular weight is 204 g/mol. The van der Waals surface area contributed by atoms with E-state index in [1.807, 2.05) is 0 Å². The first kappa shape index (κ1) is 11.5. The smallest absolute Gasteiger partial charge is 0.233 e. The van der Waals surface area contributed by atoms with Crippen LogP contribution in [0.3, 0.4) is 0 Å². The second-order valence-electron chi connectivity index (χ2n) is 4.42. The standard InChI is InChI=1S/C12H16N2O/c1-6-9(2)15-11-8-13-10(7-14-11)12(3,4)5/h1,7-9H,2-5H3/t9-/m0/s1. The van der Waals surface area contributed by atoms with E-state index in [-0.39, 0.29) is 11.5 Å². The van der Waals surface area contributed by atoms with E-state index in [0.717, 1.165) is 5.69 Å². The van der Waals surface area contributed by atoms with Crippen molar-refractivity contribution in [1.29, 1.82) is 0 Å². The zero-order valence-corrected chi connectivity index (χ0v) is 9.61. The summed E-state index contributed by atoms with van der Waals surface area (Å²) in [6.07, 6.45) is 8.24. The number of hydrogen-bond donors (Lipinski definition) is 0. The molecule has 0 fully saturated rings. The van der Waals surface area contributed by atoms with Crippen LogP contribution in [0.15, 0.2) is 12.4 Å². The van der Waals surface area contributed by atoms with Gasteiger partial charge in [0.25, 0.3) is 0 Å². The normalized spacial score (nSPS) is 13.0. The summed E-state index contributed by atoms with van der Waals surface area (Å²) in [5.74, 6) is 2.93. The fraction of sp³-hybridized carbons (Fsp3) is 0.500. The highest BCUT2D eigenvalue weighted by Crippen LogP contribution is 2.19. The molecule has 0 saturated heterocycles. The van der Waals surface area contributed by atoms with Gasteiger partial charge >= 0.3 is 0 Å². The van der Waals surface area contributed by atoms with E-state index in [1.54, 1.807) is 19.3 Å². The minimum atomic E-state index is -0.278. The molecule has 1 aromatic heterocycles. The summed E-state index contributed by atoms with van der Waals surface area (Å²) < 4.78 is 5.32. The summed E-state index contributed by atoms with van der Waals surface area (Å²) in [5, 5.41) is 0. The SMILES string of the molecule is C#C[C@H](C)Oc1cnc(C(C)(C)C)cn1. The quantitative estimate of drug-likeness (QED) is 0.692. The Bertz CT molecular complexity index is 357. The van der Waals surface area contributed by atoms with Gasteiger partial charge in [-0.15, -0.1) is 6.42 Å². The Hall–Kier alpha value is -1.56. The van der Waals surface area contributed by atoms with Crippen molar-refractivity contribution in [2.75, 3.05) is 0 Å². The number of terminal acetylenes is 1. The third-order valence-electron chi connectivity index (χ3n) is 1.93. The summed E-state index contributed by atoms with van der Waals surface area (Å²) in [6.45, 7) is 8.05. The Labute approximate surface area is 90.9 Å². The van der Waals surface area contributed by atoms with Crippen molar-refractivity contribution >= 4 is 0 Å². The molecule has 0 aliphatic rings. The molecule has 80 valence electrons. The maximum atomic E-state index is 5.32. The first-order valence-electron chi connectivity index (χ1n) is 4.89. The Morgan fingerprint density at radius 3 is 2.40 bits per heavy atom. The summed E-state index contributed by atoms with van der Waals surface area (Å²) in [7, 11) is 0. The molecule has 0 spiro atoms. The molecule has 1 rings (SSSR count). The Balaban J connectivity index is 2.78. The molecule has 0 bridgehead atoms. The fourth-order valence-electron chi connectivity index (χ4n) is 0.979. The van der Waals surface area contributed by atoms with Crippen LogP contribution in [0.2, 0.25) is 0 Å². The van der Waals surface area contributed by atoms with E-state index in [4.69, 9.17) is 11.2 Å². The molecule has 0 N–H and O–H groups in total. The zero-order valence-electron chi connectivity index (χ0n) is 9.61. The molecule has 0 aliphatic heterocycles. The van der Waals surface area contributed by atoms with Crippen LogP contribution in [-0.2, 0) is 5.41 Å². The number of ether oxygens (including phenoxy) is 1. The van der Waals surface area contributed by atoms with Crippen molar-refractivity contribution in [1.82, 2.24) is 9.97 Å². The van der Waals surface area contributed by atoms with Gasteiger partial charge in [-0.05, 0) is 6.92 Å².